The first-order valence-corrected chi connectivity index (χ1v) is 10.3. The van der Waals surface area contributed by atoms with Crippen molar-refractivity contribution in [2.24, 2.45) is 0 Å². The molecule has 0 spiro atoms. The monoisotopic (exact) mass is 369 g/mol. The van der Waals surface area contributed by atoms with E-state index in [0.717, 1.165) is 25.3 Å². The number of hydrogen-bond acceptors (Lipinski definition) is 4. The Balaban J connectivity index is 1.62. The Labute approximate surface area is 160 Å². The molecule has 0 saturated carbocycles. The number of ether oxygens (including phenoxy) is 2. The molecule has 3 nitrogen and oxygen atoms in total. The topological polar surface area (TPSA) is 30.5 Å². The average molecular weight is 370 g/mol. The third-order valence-corrected chi connectivity index (χ3v) is 5.47. The van der Waals surface area contributed by atoms with Crippen LogP contribution in [0.25, 0.3) is 0 Å². The van der Waals surface area contributed by atoms with Crippen molar-refractivity contribution in [1.82, 2.24) is 5.32 Å². The van der Waals surface area contributed by atoms with Gasteiger partial charge in [-0.3, -0.25) is 0 Å². The van der Waals surface area contributed by atoms with E-state index in [1.54, 1.807) is 17.8 Å². The van der Waals surface area contributed by atoms with Crippen LogP contribution >= 0.6 is 11.8 Å². The molecule has 0 bridgehead atoms. The molecule has 0 aromatic heterocycles. The molecule has 1 saturated heterocycles. The SMILES string of the molecule is C=CCOc1ccc(C2CCNCC2OCc2ccc(SC)cc2)cc1. The fourth-order valence-corrected chi connectivity index (χ4v) is 3.69. The lowest BCUT2D eigenvalue weighted by Crippen LogP contribution is -2.40. The molecule has 0 radical (unpaired) electrons. The largest absolute Gasteiger partial charge is 0.490 e. The Bertz CT molecular complexity index is 684. The van der Waals surface area contributed by atoms with Crippen molar-refractivity contribution in [3.8, 4) is 5.75 Å². The zero-order chi connectivity index (χ0) is 18.2. The Kier molecular flexibility index (Phi) is 7.18. The number of thioether (sulfide) groups is 1. The van der Waals surface area contributed by atoms with Gasteiger partial charge in [-0.05, 0) is 54.6 Å². The highest BCUT2D eigenvalue weighted by molar-refractivity contribution is 7.98. The summed E-state index contributed by atoms with van der Waals surface area (Å²) in [6, 6.07) is 17.0. The van der Waals surface area contributed by atoms with Gasteiger partial charge in [-0.25, -0.2) is 0 Å². The van der Waals surface area contributed by atoms with Gasteiger partial charge in [-0.2, -0.15) is 0 Å². The van der Waals surface area contributed by atoms with Gasteiger partial charge in [0, 0.05) is 17.4 Å². The van der Waals surface area contributed by atoms with Crippen LogP contribution < -0.4 is 10.1 Å². The van der Waals surface area contributed by atoms with Gasteiger partial charge in [0.2, 0.25) is 0 Å². The summed E-state index contributed by atoms with van der Waals surface area (Å²) in [5.74, 6) is 1.30. The van der Waals surface area contributed by atoms with E-state index >= 15 is 0 Å². The fourth-order valence-electron chi connectivity index (χ4n) is 3.28. The van der Waals surface area contributed by atoms with E-state index in [1.807, 2.05) is 12.1 Å². The minimum Gasteiger partial charge on any atom is -0.490 e. The van der Waals surface area contributed by atoms with Crippen molar-refractivity contribution in [3.63, 3.8) is 0 Å². The highest BCUT2D eigenvalue weighted by Gasteiger charge is 2.27. The van der Waals surface area contributed by atoms with Crippen molar-refractivity contribution in [3.05, 3.63) is 72.3 Å². The van der Waals surface area contributed by atoms with Crippen molar-refractivity contribution >= 4 is 11.8 Å². The van der Waals surface area contributed by atoms with Crippen LogP contribution in [0.15, 0.2) is 66.1 Å². The van der Waals surface area contributed by atoms with Crippen LogP contribution in [0.2, 0.25) is 0 Å². The summed E-state index contributed by atoms with van der Waals surface area (Å²) in [6.07, 6.45) is 5.13. The van der Waals surface area contributed by atoms with Crippen LogP contribution in [-0.2, 0) is 11.3 Å². The Morgan fingerprint density at radius 1 is 1.15 bits per heavy atom. The lowest BCUT2D eigenvalue weighted by atomic mass is 9.87. The van der Waals surface area contributed by atoms with E-state index in [9.17, 15) is 0 Å². The van der Waals surface area contributed by atoms with E-state index < -0.39 is 0 Å². The maximum Gasteiger partial charge on any atom is 0.119 e. The summed E-state index contributed by atoms with van der Waals surface area (Å²) < 4.78 is 11.9. The molecule has 1 aliphatic rings. The van der Waals surface area contributed by atoms with E-state index in [0.29, 0.717) is 19.1 Å². The maximum absolute atomic E-state index is 6.29. The highest BCUT2D eigenvalue weighted by Crippen LogP contribution is 2.29. The molecule has 2 unspecified atom stereocenters. The maximum atomic E-state index is 6.29. The second-order valence-corrected chi connectivity index (χ2v) is 7.35. The zero-order valence-corrected chi connectivity index (χ0v) is 16.1. The lowest BCUT2D eigenvalue weighted by Gasteiger charge is -2.32. The summed E-state index contributed by atoms with van der Waals surface area (Å²) >= 11 is 1.76. The van der Waals surface area contributed by atoms with E-state index in [2.05, 4.69) is 54.5 Å². The fraction of sp³-hybridized carbons (Fsp3) is 0.364. The molecule has 2 aromatic carbocycles. The molecule has 1 aliphatic heterocycles. The van der Waals surface area contributed by atoms with Gasteiger partial charge in [-0.15, -0.1) is 11.8 Å². The molecule has 1 fully saturated rings. The van der Waals surface area contributed by atoms with Gasteiger partial charge < -0.3 is 14.8 Å². The molecule has 1 heterocycles. The van der Waals surface area contributed by atoms with Gasteiger partial charge in [0.1, 0.15) is 12.4 Å². The molecular formula is C22H27NO2S. The molecule has 26 heavy (non-hydrogen) atoms. The summed E-state index contributed by atoms with van der Waals surface area (Å²) in [5.41, 5.74) is 2.54. The molecule has 2 aromatic rings. The highest BCUT2D eigenvalue weighted by atomic mass is 32.2. The van der Waals surface area contributed by atoms with Gasteiger partial charge in [0.05, 0.1) is 12.7 Å². The van der Waals surface area contributed by atoms with Crippen molar-refractivity contribution in [2.75, 3.05) is 26.0 Å². The second kappa shape index (κ2) is 9.81. The third-order valence-electron chi connectivity index (χ3n) is 4.73. The minimum absolute atomic E-state index is 0.184. The normalized spacial score (nSPS) is 19.9. The second-order valence-electron chi connectivity index (χ2n) is 6.47. The van der Waals surface area contributed by atoms with Crippen LogP contribution in [0.1, 0.15) is 23.5 Å². The molecule has 3 rings (SSSR count). The lowest BCUT2D eigenvalue weighted by molar-refractivity contribution is 0.0106. The third kappa shape index (κ3) is 5.13. The first-order valence-electron chi connectivity index (χ1n) is 9.09. The predicted molar refractivity (Wildman–Crippen MR) is 109 cm³/mol. The summed E-state index contributed by atoms with van der Waals surface area (Å²) in [4.78, 5) is 1.28. The standard InChI is InChI=1S/C22H27NO2S/c1-3-14-24-19-8-6-18(7-9-19)21-12-13-23-15-22(21)25-16-17-4-10-20(26-2)11-5-17/h3-11,21-23H,1,12-16H2,2H3. The van der Waals surface area contributed by atoms with Crippen molar-refractivity contribution in [1.29, 1.82) is 0 Å². The Morgan fingerprint density at radius 3 is 2.62 bits per heavy atom. The van der Waals surface area contributed by atoms with E-state index in [1.165, 1.54) is 16.0 Å². The summed E-state index contributed by atoms with van der Waals surface area (Å²) in [6.45, 7) is 6.79. The average Bonchev–Trinajstić information content (AvgIpc) is 2.72. The van der Waals surface area contributed by atoms with Crippen LogP contribution in [-0.4, -0.2) is 32.1 Å². The molecule has 1 N–H and O–H groups in total. The number of piperidine rings is 1. The van der Waals surface area contributed by atoms with Crippen LogP contribution in [0, 0.1) is 0 Å². The van der Waals surface area contributed by atoms with Crippen LogP contribution in [0.3, 0.4) is 0 Å². The number of rotatable bonds is 8. The van der Waals surface area contributed by atoms with Crippen molar-refractivity contribution in [2.45, 2.75) is 29.9 Å². The molecular weight excluding hydrogens is 342 g/mol. The number of benzene rings is 2. The first-order chi connectivity index (χ1) is 12.8. The zero-order valence-electron chi connectivity index (χ0n) is 15.3. The molecule has 0 amide bonds. The first kappa shape index (κ1) is 19.0. The minimum atomic E-state index is 0.184. The van der Waals surface area contributed by atoms with Gasteiger partial charge in [0.15, 0.2) is 0 Å². The number of nitrogens with one attached hydrogen (secondary N) is 1. The Morgan fingerprint density at radius 2 is 1.92 bits per heavy atom. The molecule has 4 heteroatoms. The van der Waals surface area contributed by atoms with Crippen LogP contribution in [0.4, 0.5) is 0 Å². The molecule has 0 aliphatic carbocycles. The smallest absolute Gasteiger partial charge is 0.119 e. The molecule has 2 atom stereocenters. The van der Waals surface area contributed by atoms with Crippen molar-refractivity contribution < 1.29 is 9.47 Å². The van der Waals surface area contributed by atoms with E-state index in [4.69, 9.17) is 9.47 Å². The summed E-state index contributed by atoms with van der Waals surface area (Å²) in [5, 5.41) is 3.46. The number of hydrogen-bond donors (Lipinski definition) is 1. The van der Waals surface area contributed by atoms with E-state index in [-0.39, 0.29) is 6.10 Å². The van der Waals surface area contributed by atoms with Gasteiger partial charge in [-0.1, -0.05) is 36.9 Å². The van der Waals surface area contributed by atoms with Crippen LogP contribution in [0.5, 0.6) is 5.75 Å². The molecule has 138 valence electrons. The Hall–Kier alpha value is -1.75. The van der Waals surface area contributed by atoms with Gasteiger partial charge in [0.25, 0.3) is 0 Å². The quantitative estimate of drug-likeness (QED) is 0.543. The summed E-state index contributed by atoms with van der Waals surface area (Å²) in [7, 11) is 0. The van der Waals surface area contributed by atoms with Gasteiger partial charge >= 0.3 is 0 Å². The predicted octanol–water partition coefficient (Wildman–Crippen LogP) is 4.64.